The molecule has 2 fully saturated rings. The number of phenolic OH excluding ortho intramolecular Hbond substituents is 1. The molecule has 0 saturated heterocycles. The van der Waals surface area contributed by atoms with Crippen LogP contribution in [0, 0.1) is 29.1 Å². The van der Waals surface area contributed by atoms with E-state index in [0.29, 0.717) is 41.0 Å². The Hall–Kier alpha value is -0.180. The van der Waals surface area contributed by atoms with Crippen molar-refractivity contribution in [1.82, 2.24) is 0 Å². The van der Waals surface area contributed by atoms with Crippen LogP contribution in [0.5, 0.6) is 5.75 Å². The quantitative estimate of drug-likeness (QED) is 0.346. The first kappa shape index (κ1) is 22.0. The summed E-state index contributed by atoms with van der Waals surface area (Å²) in [5, 5.41) is 10.9. The molecule has 0 aromatic heterocycles. The number of aromatic hydroxyl groups is 1. The van der Waals surface area contributed by atoms with Crippen LogP contribution in [0.3, 0.4) is 0 Å². The Bertz CT molecular complexity index is 769. The fraction of sp³-hybridized carbons (Fsp3) is 0.750. The molecule has 0 spiro atoms. The molecule has 3 aliphatic rings. The smallest absolute Gasteiger partial charge is 0.153 e. The van der Waals surface area contributed by atoms with Crippen molar-refractivity contribution in [3.63, 3.8) is 0 Å². The second kappa shape index (κ2) is 8.40. The van der Waals surface area contributed by atoms with E-state index in [2.05, 4.69) is 13.8 Å². The van der Waals surface area contributed by atoms with Crippen LogP contribution >= 0.6 is 34.8 Å². The molecule has 29 heavy (non-hydrogen) atoms. The minimum atomic E-state index is -0.886. The third-order valence-electron chi connectivity index (χ3n) is 8.70. The van der Waals surface area contributed by atoms with Gasteiger partial charge in [-0.05, 0) is 84.8 Å². The average Bonchev–Trinajstić information content (AvgIpc) is 2.98. The van der Waals surface area contributed by atoms with Crippen LogP contribution in [-0.2, 0) is 6.42 Å². The van der Waals surface area contributed by atoms with Gasteiger partial charge < -0.3 is 5.11 Å². The summed E-state index contributed by atoms with van der Waals surface area (Å²) in [5.74, 6) is 2.32. The third-order valence-corrected chi connectivity index (χ3v) is 9.66. The van der Waals surface area contributed by atoms with Crippen LogP contribution < -0.4 is 0 Å². The Morgan fingerprint density at radius 3 is 2.69 bits per heavy atom. The number of halogens is 4. The normalized spacial score (nSPS) is 38.4. The molecular formula is C24H32Cl3FO. The molecule has 3 aliphatic carbocycles. The van der Waals surface area contributed by atoms with Gasteiger partial charge in [0.05, 0.1) is 10.0 Å². The number of unbranched alkanes of at least 4 members (excludes halogenated alkanes) is 2. The van der Waals surface area contributed by atoms with Crippen molar-refractivity contribution >= 4 is 34.8 Å². The lowest BCUT2D eigenvalue weighted by Crippen LogP contribution is -2.50. The highest BCUT2D eigenvalue weighted by molar-refractivity contribution is 6.37. The molecule has 0 amide bonds. The zero-order valence-corrected chi connectivity index (χ0v) is 19.6. The summed E-state index contributed by atoms with van der Waals surface area (Å²) < 4.78 is 15.9. The molecule has 0 heterocycles. The highest BCUT2D eigenvalue weighted by atomic mass is 35.5. The van der Waals surface area contributed by atoms with Gasteiger partial charge in [-0.3, -0.25) is 0 Å². The van der Waals surface area contributed by atoms with Gasteiger partial charge in [-0.25, -0.2) is 4.39 Å². The number of hydrogen-bond donors (Lipinski definition) is 1. The first-order chi connectivity index (χ1) is 13.8. The maximum Gasteiger partial charge on any atom is 0.153 e. The minimum absolute atomic E-state index is 0.0584. The highest BCUT2D eigenvalue weighted by Gasteiger charge is 2.59. The van der Waals surface area contributed by atoms with Crippen molar-refractivity contribution in [3.8, 4) is 5.75 Å². The summed E-state index contributed by atoms with van der Waals surface area (Å²) in [6.07, 6.45) is 7.26. The SMILES string of the molecule is CC1CCC2C3C(c4cc(Cl)c(O)c(Cl)c4C[C@H]3CCCCCCl)C(F)CC12C. The molecule has 162 valence electrons. The minimum Gasteiger partial charge on any atom is -0.505 e. The summed E-state index contributed by atoms with van der Waals surface area (Å²) in [4.78, 5) is 0. The molecule has 1 N–H and O–H groups in total. The maximum atomic E-state index is 15.9. The highest BCUT2D eigenvalue weighted by Crippen LogP contribution is 2.65. The van der Waals surface area contributed by atoms with Crippen molar-refractivity contribution in [2.24, 2.45) is 29.1 Å². The number of rotatable bonds is 5. The van der Waals surface area contributed by atoms with Gasteiger partial charge in [0.15, 0.2) is 5.75 Å². The Labute approximate surface area is 189 Å². The van der Waals surface area contributed by atoms with E-state index in [1.807, 2.05) is 0 Å². The zero-order valence-electron chi connectivity index (χ0n) is 17.4. The van der Waals surface area contributed by atoms with Crippen molar-refractivity contribution in [3.05, 3.63) is 27.2 Å². The van der Waals surface area contributed by atoms with Gasteiger partial charge in [0.25, 0.3) is 0 Å². The second-order valence-electron chi connectivity index (χ2n) is 10.0. The molecule has 0 bridgehead atoms. The van der Waals surface area contributed by atoms with Gasteiger partial charge in [-0.15, -0.1) is 11.6 Å². The van der Waals surface area contributed by atoms with Gasteiger partial charge in [0.2, 0.25) is 0 Å². The first-order valence-corrected chi connectivity index (χ1v) is 12.5. The molecule has 1 nitrogen and oxygen atoms in total. The molecule has 0 aliphatic heterocycles. The van der Waals surface area contributed by atoms with Crippen LogP contribution in [0.15, 0.2) is 6.07 Å². The lowest BCUT2D eigenvalue weighted by Gasteiger charge is -2.55. The van der Waals surface area contributed by atoms with Crippen LogP contribution in [-0.4, -0.2) is 17.2 Å². The Balaban J connectivity index is 1.76. The predicted octanol–water partition coefficient (Wildman–Crippen LogP) is 8.16. The molecule has 5 heteroatoms. The number of benzene rings is 1. The molecule has 0 radical (unpaired) electrons. The van der Waals surface area contributed by atoms with E-state index in [1.54, 1.807) is 6.07 Å². The molecule has 1 aromatic carbocycles. The van der Waals surface area contributed by atoms with Gasteiger partial charge in [0, 0.05) is 11.8 Å². The summed E-state index contributed by atoms with van der Waals surface area (Å²) in [6, 6.07) is 1.80. The summed E-state index contributed by atoms with van der Waals surface area (Å²) in [6.45, 7) is 4.64. The van der Waals surface area contributed by atoms with Crippen LogP contribution in [0.4, 0.5) is 4.39 Å². The Morgan fingerprint density at radius 2 is 1.97 bits per heavy atom. The third kappa shape index (κ3) is 3.60. The van der Waals surface area contributed by atoms with E-state index in [4.69, 9.17) is 34.8 Å². The fourth-order valence-corrected chi connectivity index (χ4v) is 7.78. The Morgan fingerprint density at radius 1 is 1.21 bits per heavy atom. The van der Waals surface area contributed by atoms with Crippen molar-refractivity contribution < 1.29 is 9.50 Å². The van der Waals surface area contributed by atoms with Crippen molar-refractivity contribution in [2.45, 2.75) is 77.3 Å². The van der Waals surface area contributed by atoms with Gasteiger partial charge in [-0.2, -0.15) is 0 Å². The topological polar surface area (TPSA) is 20.2 Å². The van der Waals surface area contributed by atoms with E-state index in [9.17, 15) is 5.11 Å². The number of phenols is 1. The van der Waals surface area contributed by atoms with E-state index in [1.165, 1.54) is 12.8 Å². The molecular weight excluding hydrogens is 430 g/mol. The molecule has 4 rings (SSSR count). The maximum absolute atomic E-state index is 15.9. The Kier molecular flexibility index (Phi) is 6.38. The zero-order chi connectivity index (χ0) is 20.9. The molecule has 1 aromatic rings. The standard InChI is InChI=1S/C24H32Cl3FO/c1-13-7-8-17-20-14(6-4-3-5-9-25)10-16-15(11-18(26)23(29)22(16)27)21(20)19(28)12-24(13,17)2/h11,13-14,17,19-21,29H,3-10,12H2,1-2H3/t13?,14-,17?,19?,20?,21?,24?/m1/s1. The summed E-state index contributed by atoms with van der Waals surface area (Å²) >= 11 is 18.7. The van der Waals surface area contributed by atoms with Crippen molar-refractivity contribution in [2.75, 3.05) is 5.88 Å². The average molecular weight is 462 g/mol. The number of alkyl halides is 2. The van der Waals surface area contributed by atoms with Gasteiger partial charge in [0.1, 0.15) is 6.17 Å². The van der Waals surface area contributed by atoms with Gasteiger partial charge in [-0.1, -0.05) is 49.9 Å². The lowest BCUT2D eigenvalue weighted by molar-refractivity contribution is -0.0420. The van der Waals surface area contributed by atoms with Crippen LogP contribution in [0.1, 0.15) is 75.8 Å². The number of hydrogen-bond acceptors (Lipinski definition) is 1. The first-order valence-electron chi connectivity index (χ1n) is 11.2. The van der Waals surface area contributed by atoms with E-state index in [0.717, 1.165) is 43.2 Å². The van der Waals surface area contributed by atoms with Crippen molar-refractivity contribution in [1.29, 1.82) is 0 Å². The second-order valence-corrected chi connectivity index (χ2v) is 11.2. The monoisotopic (exact) mass is 460 g/mol. The van der Waals surface area contributed by atoms with Crippen LogP contribution in [0.25, 0.3) is 0 Å². The van der Waals surface area contributed by atoms with E-state index < -0.39 is 6.17 Å². The van der Waals surface area contributed by atoms with E-state index >= 15 is 4.39 Å². The van der Waals surface area contributed by atoms with Crippen LogP contribution in [0.2, 0.25) is 10.0 Å². The largest absolute Gasteiger partial charge is 0.505 e. The van der Waals surface area contributed by atoms with Gasteiger partial charge >= 0.3 is 0 Å². The summed E-state index contributed by atoms with van der Waals surface area (Å²) in [7, 11) is 0. The number of fused-ring (bicyclic) bond motifs is 5. The summed E-state index contributed by atoms with van der Waals surface area (Å²) in [5.41, 5.74) is 1.96. The molecule has 7 atom stereocenters. The van der Waals surface area contributed by atoms with E-state index in [-0.39, 0.29) is 22.1 Å². The molecule has 6 unspecified atom stereocenters. The lowest BCUT2D eigenvalue weighted by atomic mass is 9.50. The fourth-order valence-electron chi connectivity index (χ4n) is 7.04. The predicted molar refractivity (Wildman–Crippen MR) is 120 cm³/mol. The molecule has 2 saturated carbocycles.